The van der Waals surface area contributed by atoms with Gasteiger partial charge in [0, 0.05) is 17.9 Å². The highest BCUT2D eigenvalue weighted by molar-refractivity contribution is 5.12. The molecule has 2 saturated carbocycles. The molecule has 3 atom stereocenters. The summed E-state index contributed by atoms with van der Waals surface area (Å²) in [6.45, 7) is 0.926. The van der Waals surface area contributed by atoms with E-state index in [1.165, 1.54) is 32.1 Å². The predicted octanol–water partition coefficient (Wildman–Crippen LogP) is 1.72. The van der Waals surface area contributed by atoms with Gasteiger partial charge in [-0.3, -0.25) is 0 Å². The van der Waals surface area contributed by atoms with E-state index in [-0.39, 0.29) is 11.5 Å². The molecule has 3 rings (SSSR count). The Morgan fingerprint density at radius 2 is 1.92 bits per heavy atom. The monoisotopic (exact) mass is 182 g/mol. The van der Waals surface area contributed by atoms with E-state index >= 15 is 0 Å². The predicted molar refractivity (Wildman–Crippen MR) is 49.4 cm³/mol. The van der Waals surface area contributed by atoms with Crippen LogP contribution < -0.4 is 0 Å². The van der Waals surface area contributed by atoms with Gasteiger partial charge in [0.15, 0.2) is 0 Å². The van der Waals surface area contributed by atoms with Gasteiger partial charge in [0.25, 0.3) is 0 Å². The van der Waals surface area contributed by atoms with E-state index in [0.717, 1.165) is 13.0 Å². The van der Waals surface area contributed by atoms with E-state index < -0.39 is 0 Å². The number of fused-ring (bicyclic) bond motifs is 2. The molecule has 3 fully saturated rings. The third-order valence-electron chi connectivity index (χ3n) is 4.46. The van der Waals surface area contributed by atoms with Crippen molar-refractivity contribution in [2.45, 2.75) is 50.7 Å². The lowest BCUT2D eigenvalue weighted by Crippen LogP contribution is -2.65. The molecule has 2 heteroatoms. The maximum absolute atomic E-state index is 10.1. The summed E-state index contributed by atoms with van der Waals surface area (Å²) in [5.74, 6) is 0.479. The van der Waals surface area contributed by atoms with Crippen molar-refractivity contribution in [2.75, 3.05) is 6.61 Å². The average molecular weight is 182 g/mol. The number of hydrogen-bond donors (Lipinski definition) is 1. The van der Waals surface area contributed by atoms with E-state index in [1.807, 2.05) is 0 Å². The Morgan fingerprint density at radius 3 is 2.69 bits per heavy atom. The number of aliphatic hydroxyl groups is 1. The van der Waals surface area contributed by atoms with Crippen LogP contribution in [0.25, 0.3) is 0 Å². The minimum Gasteiger partial charge on any atom is -0.392 e. The summed E-state index contributed by atoms with van der Waals surface area (Å²) in [4.78, 5) is 0. The van der Waals surface area contributed by atoms with Crippen molar-refractivity contribution in [1.29, 1.82) is 0 Å². The summed E-state index contributed by atoms with van der Waals surface area (Å²) < 4.78 is 5.83. The topological polar surface area (TPSA) is 29.5 Å². The zero-order valence-corrected chi connectivity index (χ0v) is 8.04. The van der Waals surface area contributed by atoms with E-state index in [9.17, 15) is 5.11 Å². The Hall–Kier alpha value is -0.0800. The third-order valence-corrected chi connectivity index (χ3v) is 4.46. The van der Waals surface area contributed by atoms with Gasteiger partial charge in [0.1, 0.15) is 0 Å². The van der Waals surface area contributed by atoms with Crippen molar-refractivity contribution in [3.63, 3.8) is 0 Å². The molecule has 3 aliphatic rings. The van der Waals surface area contributed by atoms with Crippen LogP contribution in [0.4, 0.5) is 0 Å². The van der Waals surface area contributed by atoms with Gasteiger partial charge in [0.2, 0.25) is 0 Å². The lowest BCUT2D eigenvalue weighted by molar-refractivity contribution is -0.256. The fourth-order valence-electron chi connectivity index (χ4n) is 3.81. The average Bonchev–Trinajstić information content (AvgIpc) is 2.68. The highest BCUT2D eigenvalue weighted by atomic mass is 16.5. The number of ether oxygens (including phenoxy) is 1. The molecule has 2 aliphatic carbocycles. The van der Waals surface area contributed by atoms with Crippen LogP contribution in [0.2, 0.25) is 0 Å². The quantitative estimate of drug-likeness (QED) is 0.618. The first-order valence-corrected chi connectivity index (χ1v) is 5.64. The molecule has 1 heterocycles. The molecule has 13 heavy (non-hydrogen) atoms. The van der Waals surface area contributed by atoms with Gasteiger partial charge in [-0.1, -0.05) is 12.8 Å². The van der Waals surface area contributed by atoms with Crippen molar-refractivity contribution in [2.24, 2.45) is 11.3 Å². The second kappa shape index (κ2) is 2.71. The van der Waals surface area contributed by atoms with Crippen molar-refractivity contribution in [3.8, 4) is 0 Å². The molecule has 1 saturated heterocycles. The Morgan fingerprint density at radius 1 is 1.15 bits per heavy atom. The molecule has 0 aromatic rings. The summed E-state index contributed by atoms with van der Waals surface area (Å²) in [5.41, 5.74) is 0.199. The Kier molecular flexibility index (Phi) is 1.72. The first-order valence-electron chi connectivity index (χ1n) is 5.64. The summed E-state index contributed by atoms with van der Waals surface area (Å²) in [7, 11) is 0. The first-order chi connectivity index (χ1) is 6.34. The van der Waals surface area contributed by atoms with Gasteiger partial charge in [-0.25, -0.2) is 0 Å². The Bertz CT molecular complexity index is 208. The SMILES string of the molecule is OC1C2CCCOC2C12CCCC2. The maximum Gasteiger partial charge on any atom is 0.0709 e. The zero-order chi connectivity index (χ0) is 8.89. The summed E-state index contributed by atoms with van der Waals surface area (Å²) >= 11 is 0. The van der Waals surface area contributed by atoms with Crippen LogP contribution in [0, 0.1) is 11.3 Å². The molecule has 0 aromatic heterocycles. The van der Waals surface area contributed by atoms with Crippen molar-refractivity contribution < 1.29 is 9.84 Å². The molecule has 74 valence electrons. The number of rotatable bonds is 0. The van der Waals surface area contributed by atoms with Gasteiger partial charge < -0.3 is 9.84 Å². The van der Waals surface area contributed by atoms with Crippen molar-refractivity contribution in [1.82, 2.24) is 0 Å². The maximum atomic E-state index is 10.1. The molecule has 0 bridgehead atoms. The minimum absolute atomic E-state index is 0.0414. The molecule has 0 radical (unpaired) electrons. The lowest BCUT2D eigenvalue weighted by Gasteiger charge is -2.59. The van der Waals surface area contributed by atoms with E-state index in [2.05, 4.69) is 0 Å². The van der Waals surface area contributed by atoms with Crippen molar-refractivity contribution >= 4 is 0 Å². The van der Waals surface area contributed by atoms with Gasteiger partial charge in [-0.05, 0) is 25.7 Å². The van der Waals surface area contributed by atoms with Crippen molar-refractivity contribution in [3.05, 3.63) is 0 Å². The second-order valence-electron chi connectivity index (χ2n) is 4.98. The summed E-state index contributed by atoms with van der Waals surface area (Å²) in [6, 6.07) is 0. The fourth-order valence-corrected chi connectivity index (χ4v) is 3.81. The van der Waals surface area contributed by atoms with E-state index in [1.54, 1.807) is 0 Å². The minimum atomic E-state index is -0.0414. The molecule has 0 aromatic carbocycles. The van der Waals surface area contributed by atoms with Gasteiger partial charge in [-0.15, -0.1) is 0 Å². The fraction of sp³-hybridized carbons (Fsp3) is 1.00. The molecular formula is C11H18O2. The summed E-state index contributed by atoms with van der Waals surface area (Å²) in [6.07, 6.45) is 7.71. The molecular weight excluding hydrogens is 164 g/mol. The van der Waals surface area contributed by atoms with Crippen LogP contribution in [0.5, 0.6) is 0 Å². The van der Waals surface area contributed by atoms with E-state index in [0.29, 0.717) is 12.0 Å². The molecule has 1 spiro atoms. The third kappa shape index (κ3) is 0.909. The van der Waals surface area contributed by atoms with Gasteiger partial charge in [0.05, 0.1) is 12.2 Å². The number of hydrogen-bond acceptors (Lipinski definition) is 2. The number of aliphatic hydroxyl groups excluding tert-OH is 1. The van der Waals surface area contributed by atoms with Gasteiger partial charge >= 0.3 is 0 Å². The first kappa shape index (κ1) is 8.25. The highest BCUT2D eigenvalue weighted by Crippen LogP contribution is 2.59. The molecule has 2 nitrogen and oxygen atoms in total. The summed E-state index contributed by atoms with van der Waals surface area (Å²) in [5, 5.41) is 10.1. The van der Waals surface area contributed by atoms with Crippen LogP contribution in [-0.4, -0.2) is 23.9 Å². The van der Waals surface area contributed by atoms with Gasteiger partial charge in [-0.2, -0.15) is 0 Å². The normalized spacial score (nSPS) is 47.3. The molecule has 0 amide bonds. The smallest absolute Gasteiger partial charge is 0.0709 e. The Labute approximate surface area is 79.3 Å². The van der Waals surface area contributed by atoms with E-state index in [4.69, 9.17) is 4.74 Å². The molecule has 1 N–H and O–H groups in total. The second-order valence-corrected chi connectivity index (χ2v) is 4.98. The largest absolute Gasteiger partial charge is 0.392 e. The Balaban J connectivity index is 1.82. The van der Waals surface area contributed by atoms with Crippen LogP contribution in [0.1, 0.15) is 38.5 Å². The van der Waals surface area contributed by atoms with Crippen LogP contribution in [0.15, 0.2) is 0 Å². The highest BCUT2D eigenvalue weighted by Gasteiger charge is 2.63. The van der Waals surface area contributed by atoms with Crippen LogP contribution in [-0.2, 0) is 4.74 Å². The van der Waals surface area contributed by atoms with Crippen LogP contribution >= 0.6 is 0 Å². The van der Waals surface area contributed by atoms with Crippen LogP contribution in [0.3, 0.4) is 0 Å². The lowest BCUT2D eigenvalue weighted by atomic mass is 9.54. The zero-order valence-electron chi connectivity index (χ0n) is 8.04. The molecule has 3 unspecified atom stereocenters. The standard InChI is InChI=1S/C11H18O2/c12-9-8-4-3-7-13-10(8)11(9)5-1-2-6-11/h8-10,12H,1-7H2. The molecule has 1 aliphatic heterocycles.